The molecule has 13 heavy (non-hydrogen) atoms. The summed E-state index contributed by atoms with van der Waals surface area (Å²) in [6.07, 6.45) is 6.31. The number of aliphatic hydroxyl groups is 2. The fourth-order valence-electron chi connectivity index (χ4n) is 3.45. The van der Waals surface area contributed by atoms with Crippen molar-refractivity contribution in [2.75, 3.05) is 6.61 Å². The summed E-state index contributed by atoms with van der Waals surface area (Å²) in [6.45, 7) is 2.42. The molecule has 0 unspecified atom stereocenters. The summed E-state index contributed by atoms with van der Waals surface area (Å²) in [6, 6.07) is 0. The molecule has 2 rings (SSSR count). The van der Waals surface area contributed by atoms with Gasteiger partial charge in [0.05, 0.1) is 5.60 Å². The first kappa shape index (κ1) is 9.47. The van der Waals surface area contributed by atoms with Crippen LogP contribution in [0.3, 0.4) is 0 Å². The Balaban J connectivity index is 2.26. The molecule has 2 fully saturated rings. The summed E-state index contributed by atoms with van der Waals surface area (Å²) in [5.74, 6) is 0.331. The highest BCUT2D eigenvalue weighted by molar-refractivity contribution is 5.07. The van der Waals surface area contributed by atoms with Gasteiger partial charge in [-0.2, -0.15) is 0 Å². The van der Waals surface area contributed by atoms with E-state index in [1.165, 1.54) is 6.42 Å². The van der Waals surface area contributed by atoms with Crippen molar-refractivity contribution in [3.63, 3.8) is 0 Å². The second kappa shape index (κ2) is 2.96. The molecular weight excluding hydrogens is 164 g/mol. The van der Waals surface area contributed by atoms with Crippen molar-refractivity contribution in [3.8, 4) is 0 Å². The third-order valence-corrected chi connectivity index (χ3v) is 4.63. The SMILES string of the molecule is C[C@]12CCCC[C@@]1(O)CC[C@@H]2CO. The Bertz CT molecular complexity index is 204. The Hall–Kier alpha value is -0.0800. The van der Waals surface area contributed by atoms with Crippen LogP contribution in [0.4, 0.5) is 0 Å². The number of hydrogen-bond donors (Lipinski definition) is 2. The molecule has 0 amide bonds. The number of hydrogen-bond acceptors (Lipinski definition) is 2. The third kappa shape index (κ3) is 1.15. The molecule has 0 aromatic carbocycles. The molecule has 0 heterocycles. The highest BCUT2D eigenvalue weighted by Crippen LogP contribution is 2.57. The summed E-state index contributed by atoms with van der Waals surface area (Å²) >= 11 is 0. The lowest BCUT2D eigenvalue weighted by atomic mass is 9.63. The Kier molecular flexibility index (Phi) is 2.16. The Morgan fingerprint density at radius 2 is 1.92 bits per heavy atom. The average molecular weight is 184 g/mol. The quantitative estimate of drug-likeness (QED) is 0.651. The first-order valence-electron chi connectivity index (χ1n) is 5.46. The van der Waals surface area contributed by atoms with Gasteiger partial charge in [-0.1, -0.05) is 19.8 Å². The Morgan fingerprint density at radius 1 is 1.23 bits per heavy atom. The molecule has 0 bridgehead atoms. The zero-order valence-electron chi connectivity index (χ0n) is 8.42. The summed E-state index contributed by atoms with van der Waals surface area (Å²) in [7, 11) is 0. The van der Waals surface area contributed by atoms with Gasteiger partial charge in [0.2, 0.25) is 0 Å². The van der Waals surface area contributed by atoms with E-state index in [9.17, 15) is 10.2 Å². The summed E-state index contributed by atoms with van der Waals surface area (Å²) in [5, 5.41) is 19.7. The van der Waals surface area contributed by atoms with Crippen LogP contribution in [0.15, 0.2) is 0 Å². The van der Waals surface area contributed by atoms with Crippen molar-refractivity contribution < 1.29 is 10.2 Å². The van der Waals surface area contributed by atoms with Crippen molar-refractivity contribution in [2.45, 2.75) is 51.0 Å². The number of fused-ring (bicyclic) bond motifs is 1. The normalized spacial score (nSPS) is 50.5. The molecule has 0 aromatic rings. The minimum Gasteiger partial charge on any atom is -0.396 e. The third-order valence-electron chi connectivity index (χ3n) is 4.63. The second-order valence-corrected chi connectivity index (χ2v) is 5.07. The molecule has 0 spiro atoms. The standard InChI is InChI=1S/C11H20O2/c1-10-5-2-3-6-11(10,13)7-4-9(10)8-12/h9,12-13H,2-8H2,1H3/t9-,10-,11-/m1/s1. The molecule has 2 heteroatoms. The predicted octanol–water partition coefficient (Wildman–Crippen LogP) is 1.70. The van der Waals surface area contributed by atoms with Gasteiger partial charge in [-0.05, 0) is 31.6 Å². The van der Waals surface area contributed by atoms with E-state index in [1.807, 2.05) is 0 Å². The first-order chi connectivity index (χ1) is 6.12. The van der Waals surface area contributed by atoms with Crippen LogP contribution in [0.2, 0.25) is 0 Å². The minimum atomic E-state index is -0.460. The lowest BCUT2D eigenvalue weighted by molar-refractivity contribution is -0.104. The van der Waals surface area contributed by atoms with Gasteiger partial charge in [-0.15, -0.1) is 0 Å². The molecule has 0 aromatic heterocycles. The maximum atomic E-state index is 10.5. The maximum absolute atomic E-state index is 10.5. The molecule has 0 saturated heterocycles. The van der Waals surface area contributed by atoms with Gasteiger partial charge in [0.25, 0.3) is 0 Å². The van der Waals surface area contributed by atoms with E-state index < -0.39 is 5.60 Å². The fraction of sp³-hybridized carbons (Fsp3) is 1.00. The van der Waals surface area contributed by atoms with Crippen LogP contribution in [-0.4, -0.2) is 22.4 Å². The van der Waals surface area contributed by atoms with E-state index in [0.29, 0.717) is 5.92 Å². The molecule has 2 nitrogen and oxygen atoms in total. The molecule has 0 aliphatic heterocycles. The minimum absolute atomic E-state index is 0. The van der Waals surface area contributed by atoms with Gasteiger partial charge in [0, 0.05) is 12.0 Å². The van der Waals surface area contributed by atoms with E-state index in [-0.39, 0.29) is 12.0 Å². The summed E-state index contributed by atoms with van der Waals surface area (Å²) < 4.78 is 0. The fourth-order valence-corrected chi connectivity index (χ4v) is 3.45. The van der Waals surface area contributed by atoms with Crippen molar-refractivity contribution in [1.29, 1.82) is 0 Å². The smallest absolute Gasteiger partial charge is 0.0704 e. The number of aliphatic hydroxyl groups excluding tert-OH is 1. The van der Waals surface area contributed by atoms with Crippen molar-refractivity contribution >= 4 is 0 Å². The average Bonchev–Trinajstić information content (AvgIpc) is 2.37. The van der Waals surface area contributed by atoms with Crippen LogP contribution in [-0.2, 0) is 0 Å². The molecule has 2 aliphatic rings. The molecule has 2 N–H and O–H groups in total. The van der Waals surface area contributed by atoms with Gasteiger partial charge >= 0.3 is 0 Å². The molecule has 76 valence electrons. The second-order valence-electron chi connectivity index (χ2n) is 5.07. The van der Waals surface area contributed by atoms with Crippen LogP contribution < -0.4 is 0 Å². The lowest BCUT2D eigenvalue weighted by Gasteiger charge is -2.46. The van der Waals surface area contributed by atoms with Crippen LogP contribution in [0.1, 0.15) is 45.4 Å². The van der Waals surface area contributed by atoms with Gasteiger partial charge in [0.1, 0.15) is 0 Å². The molecule has 2 aliphatic carbocycles. The Morgan fingerprint density at radius 3 is 2.62 bits per heavy atom. The molecule has 3 atom stereocenters. The number of rotatable bonds is 1. The Labute approximate surface area is 80.0 Å². The maximum Gasteiger partial charge on any atom is 0.0704 e. The molecule has 0 radical (unpaired) electrons. The van der Waals surface area contributed by atoms with E-state index in [2.05, 4.69) is 6.92 Å². The van der Waals surface area contributed by atoms with Crippen molar-refractivity contribution in [2.24, 2.45) is 11.3 Å². The highest BCUT2D eigenvalue weighted by Gasteiger charge is 2.56. The predicted molar refractivity (Wildman–Crippen MR) is 51.3 cm³/mol. The summed E-state index contributed by atoms with van der Waals surface area (Å²) in [4.78, 5) is 0. The van der Waals surface area contributed by atoms with Crippen LogP contribution in [0, 0.1) is 11.3 Å². The zero-order chi connectivity index (χ0) is 9.53. The van der Waals surface area contributed by atoms with E-state index >= 15 is 0 Å². The van der Waals surface area contributed by atoms with Crippen LogP contribution in [0.5, 0.6) is 0 Å². The van der Waals surface area contributed by atoms with Crippen molar-refractivity contribution in [1.82, 2.24) is 0 Å². The van der Waals surface area contributed by atoms with E-state index in [1.54, 1.807) is 0 Å². The van der Waals surface area contributed by atoms with Crippen LogP contribution in [0.25, 0.3) is 0 Å². The lowest BCUT2D eigenvalue weighted by Crippen LogP contribution is -2.48. The largest absolute Gasteiger partial charge is 0.396 e. The van der Waals surface area contributed by atoms with Crippen molar-refractivity contribution in [3.05, 3.63) is 0 Å². The van der Waals surface area contributed by atoms with Crippen LogP contribution >= 0.6 is 0 Å². The first-order valence-corrected chi connectivity index (χ1v) is 5.46. The monoisotopic (exact) mass is 184 g/mol. The van der Waals surface area contributed by atoms with Gasteiger partial charge < -0.3 is 10.2 Å². The topological polar surface area (TPSA) is 40.5 Å². The van der Waals surface area contributed by atoms with Gasteiger partial charge in [0.15, 0.2) is 0 Å². The molecule has 2 saturated carbocycles. The molecular formula is C11H20O2. The summed E-state index contributed by atoms with van der Waals surface area (Å²) in [5.41, 5.74) is -0.460. The highest BCUT2D eigenvalue weighted by atomic mass is 16.3. The van der Waals surface area contributed by atoms with E-state index in [4.69, 9.17) is 0 Å². The van der Waals surface area contributed by atoms with Gasteiger partial charge in [-0.25, -0.2) is 0 Å². The van der Waals surface area contributed by atoms with E-state index in [0.717, 1.165) is 32.1 Å². The van der Waals surface area contributed by atoms with Gasteiger partial charge in [-0.3, -0.25) is 0 Å². The zero-order valence-corrected chi connectivity index (χ0v) is 8.42.